The fraction of sp³-hybridized carbons (Fsp3) is 0.286. The summed E-state index contributed by atoms with van der Waals surface area (Å²) >= 11 is 8.09. The Morgan fingerprint density at radius 3 is 2.94 bits per heavy atom. The molecule has 1 aliphatic rings. The topological polar surface area (TPSA) is 12.0 Å². The number of fused-ring (bicyclic) bond motifs is 1. The zero-order chi connectivity index (χ0) is 11.8. The molecule has 1 nitrogen and oxygen atoms in total. The van der Waals surface area contributed by atoms with Crippen LogP contribution < -0.4 is 5.32 Å². The Balaban J connectivity index is 2.12. The minimum absolute atomic E-state index is 0.309. The largest absolute Gasteiger partial charge is 0.306 e. The molecule has 0 radical (unpaired) electrons. The van der Waals surface area contributed by atoms with Gasteiger partial charge in [0.05, 0.1) is 6.04 Å². The monoisotopic (exact) mass is 263 g/mol. The number of halogens is 1. The molecule has 0 fully saturated rings. The van der Waals surface area contributed by atoms with Crippen molar-refractivity contribution >= 4 is 22.9 Å². The Labute approximate surface area is 110 Å². The summed E-state index contributed by atoms with van der Waals surface area (Å²) in [4.78, 5) is 1.38. The molecule has 0 aliphatic carbocycles. The molecule has 1 atom stereocenters. The third-order valence-corrected chi connectivity index (χ3v) is 4.62. The molecule has 1 aliphatic heterocycles. The van der Waals surface area contributed by atoms with Crippen LogP contribution >= 0.6 is 22.9 Å². The van der Waals surface area contributed by atoms with Gasteiger partial charge in [-0.3, -0.25) is 0 Å². The van der Waals surface area contributed by atoms with Crippen molar-refractivity contribution < 1.29 is 0 Å². The van der Waals surface area contributed by atoms with Gasteiger partial charge in [-0.2, -0.15) is 0 Å². The Hall–Kier alpha value is -0.830. The number of hydrogen-bond donors (Lipinski definition) is 1. The van der Waals surface area contributed by atoms with Crippen LogP contribution in [0.3, 0.4) is 0 Å². The number of thiophene rings is 1. The minimum atomic E-state index is 0.309. The number of benzene rings is 1. The summed E-state index contributed by atoms with van der Waals surface area (Å²) in [6.07, 6.45) is 1.02. The predicted octanol–water partition coefficient (Wildman–Crippen LogP) is 3.95. The summed E-state index contributed by atoms with van der Waals surface area (Å²) < 4.78 is 0. The molecule has 1 aromatic heterocycles. The van der Waals surface area contributed by atoms with E-state index in [9.17, 15) is 0 Å². The second-order valence-corrected chi connectivity index (χ2v) is 5.90. The van der Waals surface area contributed by atoms with Gasteiger partial charge in [-0.15, -0.1) is 11.3 Å². The van der Waals surface area contributed by atoms with E-state index in [4.69, 9.17) is 11.6 Å². The van der Waals surface area contributed by atoms with Crippen molar-refractivity contribution in [3.05, 3.63) is 56.2 Å². The standard InChI is InChI=1S/C14H14ClNS/c1-9-10(6-8-17-9)14-12-3-2-4-13(15)11(12)5-7-16-14/h2-4,6,8,14,16H,5,7H2,1H3/t14-/m0/s1. The summed E-state index contributed by atoms with van der Waals surface area (Å²) in [6.45, 7) is 3.18. The lowest BCUT2D eigenvalue weighted by Crippen LogP contribution is -2.30. The molecule has 1 N–H and O–H groups in total. The molecule has 3 heteroatoms. The van der Waals surface area contributed by atoms with Crippen molar-refractivity contribution in [3.63, 3.8) is 0 Å². The molecule has 3 rings (SSSR count). The first kappa shape index (κ1) is 11.3. The molecule has 88 valence electrons. The SMILES string of the molecule is Cc1sccc1[C@@H]1NCCc2c(Cl)cccc21. The van der Waals surface area contributed by atoms with Crippen molar-refractivity contribution in [1.29, 1.82) is 0 Å². The Kier molecular flexibility index (Phi) is 2.95. The Bertz CT molecular complexity index is 547. The first-order valence-corrected chi connectivity index (χ1v) is 7.08. The summed E-state index contributed by atoms with van der Waals surface area (Å²) in [5, 5.41) is 6.66. The fourth-order valence-electron chi connectivity index (χ4n) is 2.53. The van der Waals surface area contributed by atoms with Crippen LogP contribution in [-0.2, 0) is 6.42 Å². The summed E-state index contributed by atoms with van der Waals surface area (Å²) in [6, 6.07) is 8.75. The van der Waals surface area contributed by atoms with Gasteiger partial charge in [0.1, 0.15) is 0 Å². The maximum Gasteiger partial charge on any atom is 0.0590 e. The van der Waals surface area contributed by atoms with Crippen LogP contribution in [-0.4, -0.2) is 6.54 Å². The lowest BCUT2D eigenvalue weighted by Gasteiger charge is -2.28. The van der Waals surface area contributed by atoms with E-state index in [1.807, 2.05) is 12.1 Å². The molecule has 0 saturated heterocycles. The molecular weight excluding hydrogens is 250 g/mol. The highest BCUT2D eigenvalue weighted by atomic mass is 35.5. The van der Waals surface area contributed by atoms with Crippen molar-refractivity contribution in [2.75, 3.05) is 6.54 Å². The molecule has 0 saturated carbocycles. The normalized spacial score (nSPS) is 19.1. The lowest BCUT2D eigenvalue weighted by molar-refractivity contribution is 0.567. The van der Waals surface area contributed by atoms with Gasteiger partial charge >= 0.3 is 0 Å². The second kappa shape index (κ2) is 4.45. The van der Waals surface area contributed by atoms with Gasteiger partial charge in [-0.25, -0.2) is 0 Å². The third-order valence-electron chi connectivity index (χ3n) is 3.40. The van der Waals surface area contributed by atoms with Crippen molar-refractivity contribution in [2.45, 2.75) is 19.4 Å². The molecule has 0 unspecified atom stereocenters. The van der Waals surface area contributed by atoms with E-state index in [0.29, 0.717) is 6.04 Å². The van der Waals surface area contributed by atoms with E-state index in [1.165, 1.54) is 21.6 Å². The minimum Gasteiger partial charge on any atom is -0.306 e. The van der Waals surface area contributed by atoms with Crippen LogP contribution in [0.15, 0.2) is 29.6 Å². The number of hydrogen-bond acceptors (Lipinski definition) is 2. The maximum absolute atomic E-state index is 6.28. The maximum atomic E-state index is 6.28. The second-order valence-electron chi connectivity index (χ2n) is 4.38. The van der Waals surface area contributed by atoms with Crippen molar-refractivity contribution in [2.24, 2.45) is 0 Å². The highest BCUT2D eigenvalue weighted by molar-refractivity contribution is 7.10. The van der Waals surface area contributed by atoms with Crippen LogP contribution in [0.5, 0.6) is 0 Å². The predicted molar refractivity (Wildman–Crippen MR) is 74.1 cm³/mol. The van der Waals surface area contributed by atoms with E-state index in [1.54, 1.807) is 11.3 Å². The molecule has 1 aromatic carbocycles. The van der Waals surface area contributed by atoms with Crippen LogP contribution in [0.1, 0.15) is 27.6 Å². The van der Waals surface area contributed by atoms with Gasteiger partial charge in [0, 0.05) is 16.4 Å². The van der Waals surface area contributed by atoms with E-state index >= 15 is 0 Å². The first-order chi connectivity index (χ1) is 8.27. The fourth-order valence-corrected chi connectivity index (χ4v) is 3.55. The average Bonchev–Trinajstić information content (AvgIpc) is 2.75. The average molecular weight is 264 g/mol. The summed E-state index contributed by atoms with van der Waals surface area (Å²) in [5.74, 6) is 0. The number of aryl methyl sites for hydroxylation is 1. The van der Waals surface area contributed by atoms with Crippen LogP contribution in [0.25, 0.3) is 0 Å². The van der Waals surface area contributed by atoms with E-state index in [0.717, 1.165) is 18.0 Å². The van der Waals surface area contributed by atoms with E-state index in [2.05, 4.69) is 29.8 Å². The lowest BCUT2D eigenvalue weighted by atomic mass is 9.90. The molecule has 17 heavy (non-hydrogen) atoms. The molecule has 0 bridgehead atoms. The van der Waals surface area contributed by atoms with Gasteiger partial charge in [-0.1, -0.05) is 23.7 Å². The summed E-state index contributed by atoms with van der Waals surface area (Å²) in [7, 11) is 0. The van der Waals surface area contributed by atoms with Crippen molar-refractivity contribution in [3.8, 4) is 0 Å². The van der Waals surface area contributed by atoms with Gasteiger partial charge < -0.3 is 5.32 Å². The van der Waals surface area contributed by atoms with Gasteiger partial charge in [0.25, 0.3) is 0 Å². The Morgan fingerprint density at radius 2 is 2.18 bits per heavy atom. The zero-order valence-corrected chi connectivity index (χ0v) is 11.2. The van der Waals surface area contributed by atoms with Gasteiger partial charge in [-0.05, 0) is 47.5 Å². The molecule has 0 amide bonds. The van der Waals surface area contributed by atoms with Crippen LogP contribution in [0.2, 0.25) is 5.02 Å². The van der Waals surface area contributed by atoms with Crippen LogP contribution in [0.4, 0.5) is 0 Å². The van der Waals surface area contributed by atoms with E-state index in [-0.39, 0.29) is 0 Å². The summed E-state index contributed by atoms with van der Waals surface area (Å²) in [5.41, 5.74) is 4.03. The number of rotatable bonds is 1. The number of nitrogens with one attached hydrogen (secondary N) is 1. The molecule has 2 heterocycles. The van der Waals surface area contributed by atoms with E-state index < -0.39 is 0 Å². The van der Waals surface area contributed by atoms with Crippen molar-refractivity contribution in [1.82, 2.24) is 5.32 Å². The van der Waals surface area contributed by atoms with Gasteiger partial charge in [0.15, 0.2) is 0 Å². The molecule has 2 aromatic rings. The van der Waals surface area contributed by atoms with Crippen LogP contribution in [0, 0.1) is 6.92 Å². The Morgan fingerprint density at radius 1 is 1.29 bits per heavy atom. The third kappa shape index (κ3) is 1.90. The quantitative estimate of drug-likeness (QED) is 0.822. The molecule has 0 spiro atoms. The highest BCUT2D eigenvalue weighted by Crippen LogP contribution is 2.35. The molecular formula is C14H14ClNS. The smallest absolute Gasteiger partial charge is 0.0590 e. The highest BCUT2D eigenvalue weighted by Gasteiger charge is 2.24. The zero-order valence-electron chi connectivity index (χ0n) is 9.66. The first-order valence-electron chi connectivity index (χ1n) is 5.82. The van der Waals surface area contributed by atoms with Gasteiger partial charge in [0.2, 0.25) is 0 Å².